The molecule has 2 heterocycles. The smallest absolute Gasteiger partial charge is 0.224 e. The first-order valence-electron chi connectivity index (χ1n) is 12.8. The van der Waals surface area contributed by atoms with Gasteiger partial charge in [0.15, 0.2) is 0 Å². The van der Waals surface area contributed by atoms with E-state index < -0.39 is 0 Å². The molecule has 6 heteroatoms. The third-order valence-corrected chi connectivity index (χ3v) is 7.44. The van der Waals surface area contributed by atoms with Crippen molar-refractivity contribution in [2.24, 2.45) is 0 Å². The summed E-state index contributed by atoms with van der Waals surface area (Å²) in [6.07, 6.45) is 6.52. The summed E-state index contributed by atoms with van der Waals surface area (Å²) in [6.45, 7) is 8.59. The molecule has 1 aliphatic carbocycles. The average molecular weight is 464 g/mol. The van der Waals surface area contributed by atoms with Crippen molar-refractivity contribution in [1.82, 2.24) is 0 Å². The SMILES string of the molecule is CC(=O)N1c2ccc(-c3ccc(N4CCOCC4)cc3)cc2N(COC2CCCCC2)C[C@@H]1C. The quantitative estimate of drug-likeness (QED) is 0.620. The van der Waals surface area contributed by atoms with E-state index in [0.29, 0.717) is 12.8 Å². The molecule has 3 aliphatic rings. The third kappa shape index (κ3) is 4.93. The van der Waals surface area contributed by atoms with Gasteiger partial charge in [0.05, 0.1) is 36.7 Å². The van der Waals surface area contributed by atoms with Crippen LogP contribution < -0.4 is 14.7 Å². The zero-order valence-electron chi connectivity index (χ0n) is 20.5. The van der Waals surface area contributed by atoms with E-state index in [4.69, 9.17) is 9.47 Å². The molecule has 2 aliphatic heterocycles. The van der Waals surface area contributed by atoms with Crippen LogP contribution in [0.2, 0.25) is 0 Å². The van der Waals surface area contributed by atoms with Crippen LogP contribution in [0.25, 0.3) is 11.1 Å². The molecule has 34 heavy (non-hydrogen) atoms. The molecule has 2 aromatic carbocycles. The van der Waals surface area contributed by atoms with Crippen molar-refractivity contribution < 1.29 is 14.3 Å². The summed E-state index contributed by atoms with van der Waals surface area (Å²) in [7, 11) is 0. The summed E-state index contributed by atoms with van der Waals surface area (Å²) in [5.41, 5.74) is 5.64. The number of nitrogens with zero attached hydrogens (tertiary/aromatic N) is 3. The predicted octanol–water partition coefficient (Wildman–Crippen LogP) is 5.06. The number of hydrogen-bond donors (Lipinski definition) is 0. The van der Waals surface area contributed by atoms with E-state index in [1.54, 1.807) is 6.92 Å². The monoisotopic (exact) mass is 463 g/mol. The van der Waals surface area contributed by atoms with E-state index in [-0.39, 0.29) is 11.9 Å². The molecule has 1 saturated heterocycles. The van der Waals surface area contributed by atoms with E-state index in [1.165, 1.54) is 30.5 Å². The number of amides is 1. The number of rotatable bonds is 5. The van der Waals surface area contributed by atoms with Crippen molar-refractivity contribution in [3.8, 4) is 11.1 Å². The van der Waals surface area contributed by atoms with E-state index >= 15 is 0 Å². The molecule has 6 nitrogen and oxygen atoms in total. The van der Waals surface area contributed by atoms with Crippen molar-refractivity contribution >= 4 is 23.0 Å². The third-order valence-electron chi connectivity index (χ3n) is 7.44. The van der Waals surface area contributed by atoms with Gasteiger partial charge in [-0.05, 0) is 55.2 Å². The highest BCUT2D eigenvalue weighted by molar-refractivity contribution is 5.98. The van der Waals surface area contributed by atoms with Crippen LogP contribution in [0.5, 0.6) is 0 Å². The van der Waals surface area contributed by atoms with Crippen molar-refractivity contribution in [3.63, 3.8) is 0 Å². The number of hydrogen-bond acceptors (Lipinski definition) is 5. The lowest BCUT2D eigenvalue weighted by Crippen LogP contribution is -2.50. The van der Waals surface area contributed by atoms with Gasteiger partial charge in [0.1, 0.15) is 6.73 Å². The molecule has 1 atom stereocenters. The van der Waals surface area contributed by atoms with Crippen molar-refractivity contribution in [3.05, 3.63) is 42.5 Å². The molecular formula is C28H37N3O3. The number of ether oxygens (including phenoxy) is 2. The van der Waals surface area contributed by atoms with Crippen LogP contribution in [-0.4, -0.2) is 57.6 Å². The van der Waals surface area contributed by atoms with Gasteiger partial charge in [-0.25, -0.2) is 0 Å². The summed E-state index contributed by atoms with van der Waals surface area (Å²) in [6, 6.07) is 15.4. The fourth-order valence-corrected chi connectivity index (χ4v) is 5.61. The van der Waals surface area contributed by atoms with Crippen LogP contribution in [0.1, 0.15) is 46.0 Å². The van der Waals surface area contributed by atoms with Gasteiger partial charge in [-0.1, -0.05) is 37.5 Å². The van der Waals surface area contributed by atoms with Gasteiger partial charge in [0.2, 0.25) is 5.91 Å². The molecule has 5 rings (SSSR count). The fourth-order valence-electron chi connectivity index (χ4n) is 5.61. The first-order chi connectivity index (χ1) is 16.6. The van der Waals surface area contributed by atoms with Crippen LogP contribution in [0.3, 0.4) is 0 Å². The molecule has 2 fully saturated rings. The summed E-state index contributed by atoms with van der Waals surface area (Å²) < 4.78 is 11.8. The van der Waals surface area contributed by atoms with Gasteiger partial charge >= 0.3 is 0 Å². The number of carbonyl (C=O) groups is 1. The molecule has 182 valence electrons. The van der Waals surface area contributed by atoms with Crippen molar-refractivity contribution in [1.29, 1.82) is 0 Å². The minimum atomic E-state index is 0.0872. The largest absolute Gasteiger partial charge is 0.378 e. The maximum Gasteiger partial charge on any atom is 0.224 e. The molecule has 0 N–H and O–H groups in total. The second-order valence-corrected chi connectivity index (χ2v) is 9.87. The second-order valence-electron chi connectivity index (χ2n) is 9.87. The minimum Gasteiger partial charge on any atom is -0.378 e. The molecule has 0 aromatic heterocycles. The van der Waals surface area contributed by atoms with Crippen LogP contribution >= 0.6 is 0 Å². The Morgan fingerprint density at radius 1 is 0.971 bits per heavy atom. The number of carbonyl (C=O) groups excluding carboxylic acids is 1. The average Bonchev–Trinajstić information content (AvgIpc) is 2.88. The normalized spacial score (nSPS) is 21.5. The predicted molar refractivity (Wildman–Crippen MR) is 138 cm³/mol. The second kappa shape index (κ2) is 10.4. The lowest BCUT2D eigenvalue weighted by atomic mass is 9.98. The Morgan fingerprint density at radius 2 is 1.68 bits per heavy atom. The molecule has 0 unspecified atom stereocenters. The number of fused-ring (bicyclic) bond motifs is 1. The molecule has 0 bridgehead atoms. The van der Waals surface area contributed by atoms with E-state index in [9.17, 15) is 4.79 Å². The van der Waals surface area contributed by atoms with Gasteiger partial charge in [0.25, 0.3) is 0 Å². The number of anilines is 3. The van der Waals surface area contributed by atoms with Crippen molar-refractivity contribution in [2.45, 2.75) is 58.1 Å². The zero-order valence-corrected chi connectivity index (χ0v) is 20.5. The van der Waals surface area contributed by atoms with Gasteiger partial charge in [-0.15, -0.1) is 0 Å². The zero-order chi connectivity index (χ0) is 23.5. The lowest BCUT2D eigenvalue weighted by molar-refractivity contribution is -0.117. The minimum absolute atomic E-state index is 0.0872. The Balaban J connectivity index is 1.40. The number of benzene rings is 2. The molecule has 1 saturated carbocycles. The van der Waals surface area contributed by atoms with E-state index in [2.05, 4.69) is 59.2 Å². The Labute approximate surface area is 203 Å². The first kappa shape index (κ1) is 23.2. The van der Waals surface area contributed by atoms with Gasteiger partial charge in [-0.3, -0.25) is 4.79 Å². The van der Waals surface area contributed by atoms with Crippen LogP contribution in [0, 0.1) is 0 Å². The molecule has 2 aromatic rings. The molecule has 0 radical (unpaired) electrons. The molecule has 1 amide bonds. The Kier molecular flexibility index (Phi) is 7.07. The molecular weight excluding hydrogens is 426 g/mol. The number of morpholine rings is 1. The Hall–Kier alpha value is -2.57. The van der Waals surface area contributed by atoms with Gasteiger partial charge < -0.3 is 24.2 Å². The lowest BCUT2D eigenvalue weighted by Gasteiger charge is -2.42. The maximum atomic E-state index is 12.5. The standard InChI is InChI=1S/C28H37N3O3/c1-21-19-30(20-34-26-6-4-3-5-7-26)28-18-24(10-13-27(28)31(21)22(2)32)23-8-11-25(12-9-23)29-14-16-33-17-15-29/h8-13,18,21,26H,3-7,14-17,19-20H2,1-2H3/t21-/m0/s1. The first-order valence-corrected chi connectivity index (χ1v) is 12.8. The van der Waals surface area contributed by atoms with Crippen LogP contribution in [0.15, 0.2) is 42.5 Å². The highest BCUT2D eigenvalue weighted by atomic mass is 16.5. The summed E-state index contributed by atoms with van der Waals surface area (Å²) in [5, 5.41) is 0. The Bertz CT molecular complexity index is 981. The van der Waals surface area contributed by atoms with E-state index in [0.717, 1.165) is 62.6 Å². The highest BCUT2D eigenvalue weighted by Gasteiger charge is 2.31. The maximum absolute atomic E-state index is 12.5. The topological polar surface area (TPSA) is 45.2 Å². The van der Waals surface area contributed by atoms with Gasteiger partial charge in [-0.2, -0.15) is 0 Å². The van der Waals surface area contributed by atoms with Crippen molar-refractivity contribution in [2.75, 3.05) is 54.3 Å². The Morgan fingerprint density at radius 3 is 2.38 bits per heavy atom. The summed E-state index contributed by atoms with van der Waals surface area (Å²) >= 11 is 0. The van der Waals surface area contributed by atoms with Crippen LogP contribution in [-0.2, 0) is 14.3 Å². The fraction of sp³-hybridized carbons (Fsp3) is 0.536. The summed E-state index contributed by atoms with van der Waals surface area (Å²) in [4.78, 5) is 19.1. The highest BCUT2D eigenvalue weighted by Crippen LogP contribution is 2.39. The van der Waals surface area contributed by atoms with Gasteiger partial charge in [0, 0.05) is 32.2 Å². The van der Waals surface area contributed by atoms with Crippen LogP contribution in [0.4, 0.5) is 17.1 Å². The molecule has 0 spiro atoms. The van der Waals surface area contributed by atoms with E-state index in [1.807, 2.05) is 4.90 Å². The summed E-state index contributed by atoms with van der Waals surface area (Å²) in [5.74, 6) is 0.0872.